The molecule has 1 atom stereocenters. The molecule has 0 saturated carbocycles. The zero-order valence-corrected chi connectivity index (χ0v) is 16.6. The Morgan fingerprint density at radius 3 is 2.27 bits per heavy atom. The van der Waals surface area contributed by atoms with Gasteiger partial charge in [0.1, 0.15) is 17.9 Å². The third kappa shape index (κ3) is 8.79. The first-order chi connectivity index (χ1) is 12.1. The van der Waals surface area contributed by atoms with Crippen molar-refractivity contribution in [1.82, 2.24) is 5.32 Å². The average molecular weight is 361 g/mol. The molecule has 5 heteroatoms. The van der Waals surface area contributed by atoms with Crippen LogP contribution in [0.5, 0.6) is 0 Å². The molecule has 0 aliphatic rings. The minimum absolute atomic E-state index is 0.0275. The molecule has 1 aromatic rings. The number of Topliss-reactive ketones (excluding diaryl/α,β-unsaturated/α-hetero) is 1. The molecule has 0 radical (unpaired) electrons. The van der Waals surface area contributed by atoms with E-state index >= 15 is 0 Å². The van der Waals surface area contributed by atoms with Gasteiger partial charge in [0.25, 0.3) is 0 Å². The third-order valence-electron chi connectivity index (χ3n) is 3.83. The molecule has 0 heterocycles. The fourth-order valence-corrected chi connectivity index (χ4v) is 2.64. The molecular weight excluding hydrogens is 330 g/mol. The third-order valence-corrected chi connectivity index (χ3v) is 3.83. The van der Waals surface area contributed by atoms with Gasteiger partial charge in [0.05, 0.1) is 0 Å². The number of amides is 1. The standard InChI is InChI=1S/C21H31NO4/c1-6-7-17(20(25)22-14-19(24)26-21(3,4)5)13-18(23)12-16-10-8-15(2)9-11-16/h8-11,17H,6-7,12-14H2,1-5H3,(H,22,25)/t17-/m1/s1. The SMILES string of the molecule is CCC[C@H](CC(=O)Cc1ccc(C)cc1)C(=O)NCC(=O)OC(C)(C)C. The molecule has 26 heavy (non-hydrogen) atoms. The van der Waals surface area contributed by atoms with Crippen molar-refractivity contribution in [2.45, 2.75) is 65.9 Å². The predicted octanol–water partition coefficient (Wildman–Crippen LogP) is 3.37. The van der Waals surface area contributed by atoms with Crippen molar-refractivity contribution in [2.75, 3.05) is 6.54 Å². The molecule has 0 aromatic heterocycles. The van der Waals surface area contributed by atoms with Crippen LogP contribution in [0.15, 0.2) is 24.3 Å². The van der Waals surface area contributed by atoms with E-state index in [9.17, 15) is 14.4 Å². The number of carbonyl (C=O) groups is 3. The summed E-state index contributed by atoms with van der Waals surface area (Å²) in [5.74, 6) is -1.14. The van der Waals surface area contributed by atoms with E-state index < -0.39 is 17.5 Å². The van der Waals surface area contributed by atoms with Gasteiger partial charge in [-0.25, -0.2) is 0 Å². The Bertz CT molecular complexity index is 614. The van der Waals surface area contributed by atoms with Gasteiger partial charge in [0.2, 0.25) is 5.91 Å². The number of ketones is 1. The molecule has 144 valence electrons. The zero-order valence-electron chi connectivity index (χ0n) is 16.6. The molecule has 0 aliphatic heterocycles. The quantitative estimate of drug-likeness (QED) is 0.685. The minimum Gasteiger partial charge on any atom is -0.459 e. The fourth-order valence-electron chi connectivity index (χ4n) is 2.64. The van der Waals surface area contributed by atoms with Crippen LogP contribution in [0.3, 0.4) is 0 Å². The molecule has 0 aliphatic carbocycles. The summed E-state index contributed by atoms with van der Waals surface area (Å²) < 4.78 is 5.18. The number of benzene rings is 1. The lowest BCUT2D eigenvalue weighted by Gasteiger charge is -2.20. The summed E-state index contributed by atoms with van der Waals surface area (Å²) in [7, 11) is 0. The Hall–Kier alpha value is -2.17. The second kappa shape index (κ2) is 10.1. The predicted molar refractivity (Wildman–Crippen MR) is 102 cm³/mol. The number of ether oxygens (including phenoxy) is 1. The van der Waals surface area contributed by atoms with Gasteiger partial charge in [-0.1, -0.05) is 43.2 Å². The second-order valence-corrected chi connectivity index (χ2v) is 7.70. The smallest absolute Gasteiger partial charge is 0.325 e. The van der Waals surface area contributed by atoms with Crippen molar-refractivity contribution in [3.8, 4) is 0 Å². The van der Waals surface area contributed by atoms with E-state index in [1.54, 1.807) is 20.8 Å². The molecule has 0 fully saturated rings. The molecule has 1 aromatic carbocycles. The molecular formula is C21H31NO4. The Morgan fingerprint density at radius 1 is 1.12 bits per heavy atom. The summed E-state index contributed by atoms with van der Waals surface area (Å²) in [5, 5.41) is 2.60. The molecule has 1 rings (SSSR count). The molecule has 0 unspecified atom stereocenters. The highest BCUT2D eigenvalue weighted by molar-refractivity contribution is 5.89. The number of esters is 1. The van der Waals surface area contributed by atoms with Crippen molar-refractivity contribution in [3.05, 3.63) is 35.4 Å². The number of hydrogen-bond donors (Lipinski definition) is 1. The maximum absolute atomic E-state index is 12.4. The summed E-state index contributed by atoms with van der Waals surface area (Å²) in [6.45, 7) is 9.11. The first-order valence-corrected chi connectivity index (χ1v) is 9.17. The van der Waals surface area contributed by atoms with E-state index in [0.29, 0.717) is 12.8 Å². The first-order valence-electron chi connectivity index (χ1n) is 9.17. The summed E-state index contributed by atoms with van der Waals surface area (Å²) in [4.78, 5) is 36.4. The van der Waals surface area contributed by atoms with Crippen molar-refractivity contribution in [3.63, 3.8) is 0 Å². The molecule has 0 spiro atoms. The zero-order chi connectivity index (χ0) is 19.7. The molecule has 5 nitrogen and oxygen atoms in total. The number of carbonyl (C=O) groups excluding carboxylic acids is 3. The lowest BCUT2D eigenvalue weighted by molar-refractivity contribution is -0.154. The maximum Gasteiger partial charge on any atom is 0.325 e. The normalized spacial score (nSPS) is 12.3. The summed E-state index contributed by atoms with van der Waals surface area (Å²) in [6, 6.07) is 7.81. The van der Waals surface area contributed by atoms with Crippen LogP contribution in [0.2, 0.25) is 0 Å². The number of rotatable bonds is 9. The van der Waals surface area contributed by atoms with Crippen LogP contribution in [-0.4, -0.2) is 29.8 Å². The highest BCUT2D eigenvalue weighted by Crippen LogP contribution is 2.15. The average Bonchev–Trinajstić information content (AvgIpc) is 2.53. The fraction of sp³-hybridized carbons (Fsp3) is 0.571. The summed E-state index contributed by atoms with van der Waals surface area (Å²) in [5.41, 5.74) is 1.51. The van der Waals surface area contributed by atoms with Crippen LogP contribution in [0, 0.1) is 12.8 Å². The van der Waals surface area contributed by atoms with E-state index in [0.717, 1.165) is 17.5 Å². The van der Waals surface area contributed by atoms with Crippen molar-refractivity contribution in [2.24, 2.45) is 5.92 Å². The highest BCUT2D eigenvalue weighted by atomic mass is 16.6. The number of nitrogens with one attached hydrogen (secondary N) is 1. The molecule has 0 saturated heterocycles. The molecule has 1 amide bonds. The van der Waals surface area contributed by atoms with Gasteiger partial charge in [0, 0.05) is 18.8 Å². The first kappa shape index (κ1) is 21.9. The van der Waals surface area contributed by atoms with E-state index in [4.69, 9.17) is 4.74 Å². The van der Waals surface area contributed by atoms with Gasteiger partial charge >= 0.3 is 5.97 Å². The van der Waals surface area contributed by atoms with Gasteiger partial charge in [-0.05, 0) is 39.7 Å². The van der Waals surface area contributed by atoms with E-state index in [-0.39, 0.29) is 24.7 Å². The van der Waals surface area contributed by atoms with Crippen molar-refractivity contribution >= 4 is 17.7 Å². The topological polar surface area (TPSA) is 72.5 Å². The van der Waals surface area contributed by atoms with E-state index in [1.165, 1.54) is 0 Å². The Balaban J connectivity index is 2.55. The molecule has 1 N–H and O–H groups in total. The van der Waals surface area contributed by atoms with Crippen LogP contribution in [0.4, 0.5) is 0 Å². The minimum atomic E-state index is -0.589. The van der Waals surface area contributed by atoms with Crippen molar-refractivity contribution < 1.29 is 19.1 Å². The van der Waals surface area contributed by atoms with Gasteiger partial charge < -0.3 is 10.1 Å². The van der Waals surface area contributed by atoms with Gasteiger partial charge in [0.15, 0.2) is 0 Å². The Morgan fingerprint density at radius 2 is 1.73 bits per heavy atom. The maximum atomic E-state index is 12.4. The number of aryl methyl sites for hydroxylation is 1. The number of hydrogen-bond acceptors (Lipinski definition) is 4. The monoisotopic (exact) mass is 361 g/mol. The van der Waals surface area contributed by atoms with Gasteiger partial charge in [-0.2, -0.15) is 0 Å². The second-order valence-electron chi connectivity index (χ2n) is 7.70. The van der Waals surface area contributed by atoms with Crippen LogP contribution < -0.4 is 5.32 Å². The van der Waals surface area contributed by atoms with E-state index in [2.05, 4.69) is 5.32 Å². The van der Waals surface area contributed by atoms with Crippen LogP contribution in [0.1, 0.15) is 58.1 Å². The van der Waals surface area contributed by atoms with Crippen LogP contribution >= 0.6 is 0 Å². The van der Waals surface area contributed by atoms with Crippen molar-refractivity contribution in [1.29, 1.82) is 0 Å². The lowest BCUT2D eigenvalue weighted by Crippen LogP contribution is -2.38. The summed E-state index contributed by atoms with van der Waals surface area (Å²) in [6.07, 6.45) is 1.91. The lowest BCUT2D eigenvalue weighted by atomic mass is 9.93. The van der Waals surface area contributed by atoms with Crippen LogP contribution in [-0.2, 0) is 25.5 Å². The largest absolute Gasteiger partial charge is 0.459 e. The Kier molecular flexibility index (Phi) is 8.49. The van der Waals surface area contributed by atoms with E-state index in [1.807, 2.05) is 38.1 Å². The summed E-state index contributed by atoms with van der Waals surface area (Å²) >= 11 is 0. The highest BCUT2D eigenvalue weighted by Gasteiger charge is 2.23. The van der Waals surface area contributed by atoms with Crippen LogP contribution in [0.25, 0.3) is 0 Å². The van der Waals surface area contributed by atoms with Gasteiger partial charge in [-0.15, -0.1) is 0 Å². The van der Waals surface area contributed by atoms with Gasteiger partial charge in [-0.3, -0.25) is 14.4 Å². The molecule has 0 bridgehead atoms. The Labute approximate surface area is 156 Å².